The lowest BCUT2D eigenvalue weighted by molar-refractivity contribution is -0.144. The third-order valence-corrected chi connectivity index (χ3v) is 4.98. The molecule has 0 saturated carbocycles. The van der Waals surface area contributed by atoms with E-state index in [0.29, 0.717) is 36.2 Å². The van der Waals surface area contributed by atoms with Gasteiger partial charge < -0.3 is 9.47 Å². The number of rotatable bonds is 14. The number of hydrogen-bond acceptors (Lipinski definition) is 4. The Kier molecular flexibility index (Phi) is 14.0. The van der Waals surface area contributed by atoms with Crippen molar-refractivity contribution in [2.24, 2.45) is 23.7 Å². The fraction of sp³-hybridized carbons (Fsp3) is 0.833. The summed E-state index contributed by atoms with van der Waals surface area (Å²) in [6, 6.07) is 0. The van der Waals surface area contributed by atoms with Gasteiger partial charge in [0.2, 0.25) is 0 Å². The molecule has 0 aliphatic heterocycles. The predicted molar refractivity (Wildman–Crippen MR) is 116 cm³/mol. The predicted octanol–water partition coefficient (Wildman–Crippen LogP) is 6.33. The maximum absolute atomic E-state index is 12.8. The highest BCUT2D eigenvalue weighted by molar-refractivity contribution is 6.01. The first kappa shape index (κ1) is 26.7. The summed E-state index contributed by atoms with van der Waals surface area (Å²) in [5.41, 5.74) is 0.924. The molecule has 0 aliphatic carbocycles. The molecule has 2 atom stereocenters. The topological polar surface area (TPSA) is 52.6 Å². The minimum Gasteiger partial charge on any atom is -0.462 e. The van der Waals surface area contributed by atoms with Gasteiger partial charge in [0.1, 0.15) is 0 Å². The molecule has 28 heavy (non-hydrogen) atoms. The van der Waals surface area contributed by atoms with E-state index in [1.165, 1.54) is 0 Å². The van der Waals surface area contributed by atoms with Gasteiger partial charge in [0.25, 0.3) is 0 Å². The summed E-state index contributed by atoms with van der Waals surface area (Å²) in [4.78, 5) is 25.6. The van der Waals surface area contributed by atoms with Crippen LogP contribution in [0.3, 0.4) is 0 Å². The van der Waals surface area contributed by atoms with Gasteiger partial charge in [-0.15, -0.1) is 0 Å². The molecular formula is C24H44O4. The summed E-state index contributed by atoms with van der Waals surface area (Å²) in [5.74, 6) is -0.296. The second-order valence-corrected chi connectivity index (χ2v) is 8.83. The van der Waals surface area contributed by atoms with Gasteiger partial charge in [-0.2, -0.15) is 0 Å². The number of unbranched alkanes of at least 4 members (excludes halogenated alkanes) is 2. The molecule has 164 valence electrons. The number of esters is 2. The van der Waals surface area contributed by atoms with Crippen molar-refractivity contribution in [3.05, 3.63) is 11.1 Å². The van der Waals surface area contributed by atoms with Gasteiger partial charge in [0.05, 0.1) is 24.4 Å². The molecule has 0 spiro atoms. The lowest BCUT2D eigenvalue weighted by Crippen LogP contribution is -2.25. The van der Waals surface area contributed by atoms with E-state index in [9.17, 15) is 9.59 Å². The Hall–Kier alpha value is -1.32. The molecule has 0 aromatic rings. The third-order valence-electron chi connectivity index (χ3n) is 4.98. The number of ether oxygens (including phenoxy) is 2. The van der Waals surface area contributed by atoms with E-state index >= 15 is 0 Å². The molecule has 0 bridgehead atoms. The lowest BCUT2D eigenvalue weighted by atomic mass is 9.90. The van der Waals surface area contributed by atoms with Crippen molar-refractivity contribution in [3.63, 3.8) is 0 Å². The van der Waals surface area contributed by atoms with Crippen LogP contribution in [0, 0.1) is 23.7 Å². The van der Waals surface area contributed by atoms with Crippen LogP contribution >= 0.6 is 0 Å². The van der Waals surface area contributed by atoms with Crippen molar-refractivity contribution in [2.75, 3.05) is 13.2 Å². The molecule has 4 nitrogen and oxygen atoms in total. The fourth-order valence-electron chi connectivity index (χ4n) is 3.18. The van der Waals surface area contributed by atoms with Gasteiger partial charge >= 0.3 is 11.9 Å². The summed E-state index contributed by atoms with van der Waals surface area (Å²) < 4.78 is 11.2. The quantitative estimate of drug-likeness (QED) is 0.254. The molecule has 0 radical (unpaired) electrons. The molecule has 0 fully saturated rings. The molecule has 0 aromatic heterocycles. The van der Waals surface area contributed by atoms with Crippen molar-refractivity contribution in [1.29, 1.82) is 0 Å². The lowest BCUT2D eigenvalue weighted by Gasteiger charge is -2.21. The first-order valence-electron chi connectivity index (χ1n) is 11.2. The summed E-state index contributed by atoms with van der Waals surface area (Å²) in [6.45, 7) is 17.0. The van der Waals surface area contributed by atoms with Crippen molar-refractivity contribution in [2.45, 2.75) is 93.9 Å². The molecule has 0 amide bonds. The number of carbonyl (C=O) groups is 2. The zero-order chi connectivity index (χ0) is 21.7. The van der Waals surface area contributed by atoms with E-state index in [-0.39, 0.29) is 23.8 Å². The van der Waals surface area contributed by atoms with Crippen LogP contribution in [0.25, 0.3) is 0 Å². The van der Waals surface area contributed by atoms with E-state index in [0.717, 1.165) is 38.5 Å². The number of hydrogen-bond donors (Lipinski definition) is 0. The normalized spacial score (nSPS) is 14.6. The molecule has 2 unspecified atom stereocenters. The fourth-order valence-corrected chi connectivity index (χ4v) is 3.18. The summed E-state index contributed by atoms with van der Waals surface area (Å²) in [6.07, 6.45) is 6.61. The van der Waals surface area contributed by atoms with E-state index in [1.54, 1.807) is 0 Å². The SMILES string of the molecule is CCCCC(C)COC(=O)/C(=C(\C(=O)OCC(C)CCCC)C(C)C)C(C)C. The van der Waals surface area contributed by atoms with Crippen LogP contribution < -0.4 is 0 Å². The van der Waals surface area contributed by atoms with E-state index in [1.807, 2.05) is 27.7 Å². The van der Waals surface area contributed by atoms with Crippen LogP contribution in [-0.4, -0.2) is 25.2 Å². The van der Waals surface area contributed by atoms with Gasteiger partial charge in [0, 0.05) is 0 Å². The van der Waals surface area contributed by atoms with E-state index in [4.69, 9.17) is 9.47 Å². The Morgan fingerprint density at radius 2 is 0.964 bits per heavy atom. The second-order valence-electron chi connectivity index (χ2n) is 8.83. The molecule has 0 aliphatic rings. The first-order valence-corrected chi connectivity index (χ1v) is 11.2. The second kappa shape index (κ2) is 14.6. The minimum atomic E-state index is -0.377. The van der Waals surface area contributed by atoms with Crippen LogP contribution in [-0.2, 0) is 19.1 Å². The maximum Gasteiger partial charge on any atom is 0.334 e. The zero-order valence-corrected chi connectivity index (χ0v) is 19.6. The van der Waals surface area contributed by atoms with Crippen molar-refractivity contribution < 1.29 is 19.1 Å². The molecular weight excluding hydrogens is 352 g/mol. The van der Waals surface area contributed by atoms with Gasteiger partial charge in [-0.3, -0.25) is 0 Å². The molecule has 0 N–H and O–H groups in total. The smallest absolute Gasteiger partial charge is 0.334 e. The Morgan fingerprint density at radius 1 is 0.643 bits per heavy atom. The van der Waals surface area contributed by atoms with Crippen molar-refractivity contribution >= 4 is 11.9 Å². The molecule has 0 aromatic carbocycles. The van der Waals surface area contributed by atoms with Gasteiger partial charge in [0.15, 0.2) is 0 Å². The zero-order valence-electron chi connectivity index (χ0n) is 19.6. The molecule has 4 heteroatoms. The van der Waals surface area contributed by atoms with Gasteiger partial charge in [-0.05, 0) is 36.5 Å². The highest BCUT2D eigenvalue weighted by Gasteiger charge is 2.28. The van der Waals surface area contributed by atoms with E-state index in [2.05, 4.69) is 27.7 Å². The Bertz CT molecular complexity index is 447. The van der Waals surface area contributed by atoms with E-state index < -0.39 is 0 Å². The molecule has 0 rings (SSSR count). The maximum atomic E-state index is 12.8. The van der Waals surface area contributed by atoms with Crippen LogP contribution in [0.4, 0.5) is 0 Å². The Balaban J connectivity index is 5.23. The van der Waals surface area contributed by atoms with Crippen molar-refractivity contribution in [3.8, 4) is 0 Å². The summed E-state index contributed by atoms with van der Waals surface area (Å²) in [5, 5.41) is 0. The average molecular weight is 397 g/mol. The van der Waals surface area contributed by atoms with Crippen LogP contribution in [0.5, 0.6) is 0 Å². The minimum absolute atomic E-state index is 0.0964. The molecule has 0 saturated heterocycles. The Morgan fingerprint density at radius 3 is 1.21 bits per heavy atom. The van der Waals surface area contributed by atoms with Crippen LogP contribution in [0.1, 0.15) is 93.9 Å². The Labute approximate surface area is 173 Å². The van der Waals surface area contributed by atoms with Crippen LogP contribution in [0.2, 0.25) is 0 Å². The van der Waals surface area contributed by atoms with Gasteiger partial charge in [-0.1, -0.05) is 81.1 Å². The monoisotopic (exact) mass is 396 g/mol. The highest BCUT2D eigenvalue weighted by atomic mass is 16.5. The largest absolute Gasteiger partial charge is 0.462 e. The summed E-state index contributed by atoms with van der Waals surface area (Å²) >= 11 is 0. The van der Waals surface area contributed by atoms with Crippen LogP contribution in [0.15, 0.2) is 11.1 Å². The number of carbonyl (C=O) groups excluding carboxylic acids is 2. The summed E-state index contributed by atoms with van der Waals surface area (Å²) in [7, 11) is 0. The third kappa shape index (κ3) is 10.3. The van der Waals surface area contributed by atoms with Gasteiger partial charge in [-0.25, -0.2) is 9.59 Å². The average Bonchev–Trinajstić information content (AvgIpc) is 2.64. The first-order chi connectivity index (χ1) is 13.1. The standard InChI is InChI=1S/C24H44O4/c1-9-11-13-19(7)15-27-23(25)21(17(3)4)22(18(5)6)24(26)28-16-20(8)14-12-10-2/h17-20H,9-16H2,1-8H3/b22-21-. The molecule has 0 heterocycles. The highest BCUT2D eigenvalue weighted by Crippen LogP contribution is 2.25. The van der Waals surface area contributed by atoms with Crippen molar-refractivity contribution in [1.82, 2.24) is 0 Å².